The van der Waals surface area contributed by atoms with Gasteiger partial charge in [0.1, 0.15) is 11.8 Å². The first-order valence-corrected chi connectivity index (χ1v) is 11.2. The number of benzene rings is 2. The summed E-state index contributed by atoms with van der Waals surface area (Å²) in [5.74, 6) is 2.23. The van der Waals surface area contributed by atoms with Crippen LogP contribution in [0.3, 0.4) is 0 Å². The molecular formula is C26H29N5O2. The maximum Gasteiger partial charge on any atom is 0.226 e. The number of fused-ring (bicyclic) bond motifs is 1. The Hall–Kier alpha value is -3.61. The average Bonchev–Trinajstić information content (AvgIpc) is 3.20. The number of carbonyl (C=O) groups is 1. The van der Waals surface area contributed by atoms with Gasteiger partial charge in [0.15, 0.2) is 11.6 Å². The lowest BCUT2D eigenvalue weighted by Gasteiger charge is -2.38. The topological polar surface area (TPSA) is 72.3 Å². The molecule has 1 aromatic heterocycles. The molecule has 2 heterocycles. The Kier molecular flexibility index (Phi) is 5.00. The van der Waals surface area contributed by atoms with Crippen LogP contribution in [0.4, 0.5) is 11.6 Å². The van der Waals surface area contributed by atoms with Crippen LogP contribution in [-0.2, 0) is 4.79 Å². The van der Waals surface area contributed by atoms with Gasteiger partial charge in [-0.25, -0.2) is 4.68 Å². The fraction of sp³-hybridized carbons (Fsp3) is 0.346. The Morgan fingerprint density at radius 3 is 2.39 bits per heavy atom. The van der Waals surface area contributed by atoms with Crippen molar-refractivity contribution >= 4 is 17.4 Å². The van der Waals surface area contributed by atoms with Gasteiger partial charge in [0.25, 0.3) is 0 Å². The molecular weight excluding hydrogens is 414 g/mol. The summed E-state index contributed by atoms with van der Waals surface area (Å²) in [4.78, 5) is 20.2. The predicted octanol–water partition coefficient (Wildman–Crippen LogP) is 4.68. The number of carbonyl (C=O) groups excluding carboxylic acids is 1. The summed E-state index contributed by atoms with van der Waals surface area (Å²) < 4.78 is 7.19. The zero-order valence-corrected chi connectivity index (χ0v) is 19.7. The van der Waals surface area contributed by atoms with Gasteiger partial charge in [-0.05, 0) is 53.8 Å². The van der Waals surface area contributed by atoms with Gasteiger partial charge in [-0.15, -0.1) is 5.10 Å². The van der Waals surface area contributed by atoms with Crippen molar-refractivity contribution in [3.8, 4) is 17.1 Å². The molecule has 1 aliphatic heterocycles. The van der Waals surface area contributed by atoms with E-state index >= 15 is 0 Å². The van der Waals surface area contributed by atoms with Gasteiger partial charge in [0.2, 0.25) is 5.95 Å². The molecule has 0 fully saturated rings. The van der Waals surface area contributed by atoms with E-state index in [2.05, 4.69) is 36.2 Å². The maximum absolute atomic E-state index is 13.4. The standard InChI is InChI=1S/C26H29N5O2/c1-26(2)14-20-22(21(32)15-26)23(16-8-12-19(33-5)13-9-16)31-25(27-20)28-24(29-31)17-6-10-18(11-7-17)30(3)4/h6-13,23H,14-15H2,1-5H3,(H,27,28,29). The fourth-order valence-corrected chi connectivity index (χ4v) is 4.73. The highest BCUT2D eigenvalue weighted by Gasteiger charge is 2.41. The van der Waals surface area contributed by atoms with Crippen molar-refractivity contribution in [3.05, 3.63) is 65.4 Å². The minimum absolute atomic E-state index is 0.0968. The van der Waals surface area contributed by atoms with Crippen LogP contribution in [-0.4, -0.2) is 41.8 Å². The van der Waals surface area contributed by atoms with E-state index in [1.165, 1.54) is 0 Å². The highest BCUT2D eigenvalue weighted by molar-refractivity contribution is 6.00. The zero-order valence-electron chi connectivity index (χ0n) is 19.7. The Morgan fingerprint density at radius 2 is 1.76 bits per heavy atom. The van der Waals surface area contributed by atoms with Crippen LogP contribution in [0.1, 0.15) is 38.3 Å². The van der Waals surface area contributed by atoms with Crippen molar-refractivity contribution in [1.29, 1.82) is 0 Å². The number of aromatic nitrogens is 3. The lowest BCUT2D eigenvalue weighted by molar-refractivity contribution is -0.118. The third-order valence-electron chi connectivity index (χ3n) is 6.41. The lowest BCUT2D eigenvalue weighted by Crippen LogP contribution is -2.36. The second kappa shape index (κ2) is 7.76. The summed E-state index contributed by atoms with van der Waals surface area (Å²) in [6, 6.07) is 15.7. The summed E-state index contributed by atoms with van der Waals surface area (Å²) >= 11 is 0. The van der Waals surface area contributed by atoms with E-state index in [9.17, 15) is 4.79 Å². The van der Waals surface area contributed by atoms with Crippen LogP contribution in [0, 0.1) is 5.41 Å². The molecule has 0 amide bonds. The van der Waals surface area contributed by atoms with E-state index in [0.29, 0.717) is 18.2 Å². The number of methoxy groups -OCH3 is 1. The first-order chi connectivity index (χ1) is 15.8. The zero-order chi connectivity index (χ0) is 23.3. The van der Waals surface area contributed by atoms with Crippen LogP contribution < -0.4 is 15.0 Å². The van der Waals surface area contributed by atoms with Gasteiger partial charge in [-0.3, -0.25) is 4.79 Å². The number of allylic oxidation sites excluding steroid dienone is 2. The average molecular weight is 444 g/mol. The van der Waals surface area contributed by atoms with Crippen molar-refractivity contribution in [3.63, 3.8) is 0 Å². The molecule has 1 aliphatic carbocycles. The number of ether oxygens (including phenoxy) is 1. The van der Waals surface area contributed by atoms with E-state index in [0.717, 1.165) is 40.3 Å². The van der Waals surface area contributed by atoms with Crippen LogP contribution in [0.2, 0.25) is 0 Å². The van der Waals surface area contributed by atoms with E-state index in [1.54, 1.807) is 7.11 Å². The minimum atomic E-state index is -0.326. The number of Topliss-reactive ketones (excluding diaryl/α,β-unsaturated/α-hetero) is 1. The molecule has 5 rings (SSSR count). The summed E-state index contributed by atoms with van der Waals surface area (Å²) in [6.45, 7) is 4.27. The second-order valence-electron chi connectivity index (χ2n) is 9.78. The molecule has 1 unspecified atom stereocenters. The molecule has 2 aliphatic rings. The quantitative estimate of drug-likeness (QED) is 0.631. The Bertz CT molecular complexity index is 1240. The Balaban J connectivity index is 1.62. The molecule has 0 saturated carbocycles. The molecule has 1 atom stereocenters. The normalized spacial score (nSPS) is 18.9. The van der Waals surface area contributed by atoms with Crippen molar-refractivity contribution in [2.75, 3.05) is 31.4 Å². The number of hydrogen-bond acceptors (Lipinski definition) is 6. The first-order valence-electron chi connectivity index (χ1n) is 11.2. The van der Waals surface area contributed by atoms with Crippen LogP contribution in [0.5, 0.6) is 5.75 Å². The second-order valence-corrected chi connectivity index (χ2v) is 9.78. The van der Waals surface area contributed by atoms with Crippen LogP contribution in [0.15, 0.2) is 59.8 Å². The van der Waals surface area contributed by atoms with Gasteiger partial charge < -0.3 is 15.0 Å². The van der Waals surface area contributed by atoms with E-state index in [1.807, 2.05) is 55.2 Å². The third kappa shape index (κ3) is 3.77. The molecule has 0 saturated heterocycles. The molecule has 7 nitrogen and oxygen atoms in total. The van der Waals surface area contributed by atoms with Gasteiger partial charge in [0.05, 0.1) is 7.11 Å². The minimum Gasteiger partial charge on any atom is -0.497 e. The van der Waals surface area contributed by atoms with Crippen LogP contribution >= 0.6 is 0 Å². The molecule has 7 heteroatoms. The third-order valence-corrected chi connectivity index (χ3v) is 6.41. The number of nitrogens with one attached hydrogen (secondary N) is 1. The number of nitrogens with zero attached hydrogens (tertiary/aromatic N) is 4. The first kappa shape index (κ1) is 21.2. The van der Waals surface area contributed by atoms with Gasteiger partial charge in [-0.2, -0.15) is 4.98 Å². The molecule has 33 heavy (non-hydrogen) atoms. The van der Waals surface area contributed by atoms with E-state index < -0.39 is 0 Å². The van der Waals surface area contributed by atoms with Gasteiger partial charge >= 0.3 is 0 Å². The van der Waals surface area contributed by atoms with Crippen molar-refractivity contribution in [2.45, 2.75) is 32.7 Å². The van der Waals surface area contributed by atoms with Crippen molar-refractivity contribution in [2.24, 2.45) is 5.41 Å². The van der Waals surface area contributed by atoms with Crippen molar-refractivity contribution in [1.82, 2.24) is 14.8 Å². The molecule has 2 aromatic carbocycles. The number of ketones is 1. The van der Waals surface area contributed by atoms with Crippen LogP contribution in [0.25, 0.3) is 11.4 Å². The lowest BCUT2D eigenvalue weighted by atomic mass is 9.73. The van der Waals surface area contributed by atoms with Gasteiger partial charge in [0, 0.05) is 43.0 Å². The number of anilines is 2. The summed E-state index contributed by atoms with van der Waals surface area (Å²) in [7, 11) is 5.68. The Labute approximate surface area is 194 Å². The predicted molar refractivity (Wildman–Crippen MR) is 130 cm³/mol. The maximum atomic E-state index is 13.4. The summed E-state index contributed by atoms with van der Waals surface area (Å²) in [5, 5.41) is 8.31. The monoisotopic (exact) mass is 443 g/mol. The SMILES string of the molecule is COc1ccc(C2C3=C(CC(C)(C)CC3=O)Nc3nc(-c4ccc(N(C)C)cc4)nn32)cc1. The Morgan fingerprint density at radius 1 is 1.06 bits per heavy atom. The number of hydrogen-bond donors (Lipinski definition) is 1. The molecule has 0 radical (unpaired) electrons. The molecule has 170 valence electrons. The van der Waals surface area contributed by atoms with Gasteiger partial charge in [-0.1, -0.05) is 26.0 Å². The molecule has 3 aromatic rings. The highest BCUT2D eigenvalue weighted by Crippen LogP contribution is 2.45. The van der Waals surface area contributed by atoms with Crippen molar-refractivity contribution < 1.29 is 9.53 Å². The summed E-state index contributed by atoms with van der Waals surface area (Å²) in [6.07, 6.45) is 1.31. The molecule has 0 spiro atoms. The van der Waals surface area contributed by atoms with E-state index in [4.69, 9.17) is 14.8 Å². The highest BCUT2D eigenvalue weighted by atomic mass is 16.5. The smallest absolute Gasteiger partial charge is 0.226 e. The fourth-order valence-electron chi connectivity index (χ4n) is 4.73. The molecule has 0 bridgehead atoms. The largest absolute Gasteiger partial charge is 0.497 e. The summed E-state index contributed by atoms with van der Waals surface area (Å²) in [5.41, 5.74) is 4.67. The molecule has 1 N–H and O–H groups in total. The van der Waals surface area contributed by atoms with E-state index in [-0.39, 0.29) is 17.2 Å². The number of rotatable bonds is 4.